The number of carbonyl (C=O) groups is 2. The largest absolute Gasteiger partial charge is 0.443 e. The van der Waals surface area contributed by atoms with Gasteiger partial charge in [0.15, 0.2) is 0 Å². The van der Waals surface area contributed by atoms with Gasteiger partial charge in [-0.3, -0.25) is 9.78 Å². The summed E-state index contributed by atoms with van der Waals surface area (Å²) in [7, 11) is 0. The summed E-state index contributed by atoms with van der Waals surface area (Å²) in [5, 5.41) is 2.31. The van der Waals surface area contributed by atoms with E-state index in [0.717, 1.165) is 0 Å². The van der Waals surface area contributed by atoms with Crippen LogP contribution < -0.4 is 5.32 Å². The van der Waals surface area contributed by atoms with Crippen LogP contribution in [0.15, 0.2) is 24.4 Å². The molecule has 0 aromatic carbocycles. The van der Waals surface area contributed by atoms with Crippen LogP contribution in [-0.4, -0.2) is 23.4 Å². The summed E-state index contributed by atoms with van der Waals surface area (Å²) in [6.45, 7) is 1.48. The minimum Gasteiger partial charge on any atom is -0.443 e. The molecule has 1 heterocycles. The lowest BCUT2D eigenvalue weighted by Gasteiger charge is -2.04. The van der Waals surface area contributed by atoms with Gasteiger partial charge in [-0.25, -0.2) is 4.79 Å². The number of rotatable bonds is 4. The van der Waals surface area contributed by atoms with Crippen LogP contribution in [0.25, 0.3) is 0 Å². The molecule has 0 unspecified atom stereocenters. The molecule has 0 fully saturated rings. The molecule has 1 N–H and O–H groups in total. The Morgan fingerprint density at radius 3 is 2.87 bits per heavy atom. The fourth-order valence-corrected chi connectivity index (χ4v) is 0.871. The Morgan fingerprint density at radius 1 is 1.47 bits per heavy atom. The summed E-state index contributed by atoms with van der Waals surface area (Å²) in [5.41, 5.74) is 0.662. The first-order chi connectivity index (χ1) is 7.18. The monoisotopic (exact) mass is 208 g/mol. The summed E-state index contributed by atoms with van der Waals surface area (Å²) < 4.78 is 4.81. The predicted molar refractivity (Wildman–Crippen MR) is 53.1 cm³/mol. The van der Waals surface area contributed by atoms with Crippen molar-refractivity contribution < 1.29 is 14.3 Å². The van der Waals surface area contributed by atoms with Crippen molar-refractivity contribution in [2.45, 2.75) is 13.5 Å². The molecule has 0 atom stereocenters. The van der Waals surface area contributed by atoms with E-state index in [1.54, 1.807) is 24.4 Å². The van der Waals surface area contributed by atoms with Gasteiger partial charge in [0.2, 0.25) is 0 Å². The van der Waals surface area contributed by atoms with E-state index in [1.165, 1.54) is 6.92 Å². The van der Waals surface area contributed by atoms with E-state index in [4.69, 9.17) is 4.74 Å². The minimum atomic E-state index is -0.615. The number of ether oxygens (including phenoxy) is 1. The van der Waals surface area contributed by atoms with Gasteiger partial charge in [-0.15, -0.1) is 0 Å². The lowest BCUT2D eigenvalue weighted by Crippen LogP contribution is -2.28. The third-order valence-corrected chi connectivity index (χ3v) is 1.56. The second kappa shape index (κ2) is 5.74. The Morgan fingerprint density at radius 2 is 2.27 bits per heavy atom. The summed E-state index contributed by atoms with van der Waals surface area (Å²) in [5.74, 6) is -0.121. The molecule has 0 aliphatic heterocycles. The third kappa shape index (κ3) is 4.75. The molecule has 1 aromatic rings. The average molecular weight is 208 g/mol. The minimum absolute atomic E-state index is 0.0128. The SMILES string of the molecule is CC(=O)CNC(=O)OCc1ccccn1. The summed E-state index contributed by atoms with van der Waals surface area (Å²) in [6, 6.07) is 5.33. The number of amides is 1. The normalized spacial score (nSPS) is 9.40. The molecule has 0 saturated carbocycles. The van der Waals surface area contributed by atoms with Gasteiger partial charge in [0.25, 0.3) is 0 Å². The molecule has 1 aromatic heterocycles. The molecule has 0 saturated heterocycles. The second-order valence-corrected chi connectivity index (χ2v) is 2.95. The van der Waals surface area contributed by atoms with E-state index in [9.17, 15) is 9.59 Å². The molecule has 1 amide bonds. The number of hydrogen-bond acceptors (Lipinski definition) is 4. The van der Waals surface area contributed by atoms with Crippen molar-refractivity contribution in [3.8, 4) is 0 Å². The third-order valence-electron chi connectivity index (χ3n) is 1.56. The first-order valence-electron chi connectivity index (χ1n) is 4.48. The molecule has 0 spiro atoms. The maximum atomic E-state index is 11.0. The van der Waals surface area contributed by atoms with Gasteiger partial charge in [0, 0.05) is 6.20 Å². The van der Waals surface area contributed by atoms with Crippen molar-refractivity contribution >= 4 is 11.9 Å². The zero-order valence-corrected chi connectivity index (χ0v) is 8.40. The highest BCUT2D eigenvalue weighted by atomic mass is 16.5. The van der Waals surface area contributed by atoms with Gasteiger partial charge >= 0.3 is 6.09 Å². The lowest BCUT2D eigenvalue weighted by molar-refractivity contribution is -0.116. The van der Waals surface area contributed by atoms with Crippen LogP contribution in [0.3, 0.4) is 0 Å². The molecule has 0 bridgehead atoms. The van der Waals surface area contributed by atoms with Gasteiger partial charge in [-0.1, -0.05) is 6.07 Å². The number of hydrogen-bond donors (Lipinski definition) is 1. The standard InChI is InChI=1S/C10H12N2O3/c1-8(13)6-12-10(14)15-7-9-4-2-3-5-11-9/h2-5H,6-7H2,1H3,(H,12,14). The first kappa shape index (κ1) is 11.2. The summed E-state index contributed by atoms with van der Waals surface area (Å²) in [4.78, 5) is 25.5. The number of carbonyl (C=O) groups excluding carboxylic acids is 2. The molecule has 0 radical (unpaired) electrons. The first-order valence-corrected chi connectivity index (χ1v) is 4.48. The number of nitrogens with one attached hydrogen (secondary N) is 1. The number of ketones is 1. The molecule has 1 rings (SSSR count). The van der Waals surface area contributed by atoms with Crippen LogP contribution in [-0.2, 0) is 16.1 Å². The van der Waals surface area contributed by atoms with Gasteiger partial charge < -0.3 is 10.1 Å². The molecule has 5 heteroatoms. The second-order valence-electron chi connectivity index (χ2n) is 2.95. The van der Waals surface area contributed by atoms with Crippen molar-refractivity contribution in [3.63, 3.8) is 0 Å². The topological polar surface area (TPSA) is 68.3 Å². The van der Waals surface area contributed by atoms with Crippen LogP contribution in [0.2, 0.25) is 0 Å². The van der Waals surface area contributed by atoms with Gasteiger partial charge in [0.1, 0.15) is 12.4 Å². The van der Waals surface area contributed by atoms with Crippen molar-refractivity contribution in [2.75, 3.05) is 6.54 Å². The van der Waals surface area contributed by atoms with Crippen LogP contribution in [0.1, 0.15) is 12.6 Å². The van der Waals surface area contributed by atoms with Gasteiger partial charge in [0.05, 0.1) is 12.2 Å². The Labute approximate surface area is 87.5 Å². The molecular formula is C10H12N2O3. The number of Topliss-reactive ketones (excluding diaryl/α,β-unsaturated/α-hetero) is 1. The number of aromatic nitrogens is 1. The van der Waals surface area contributed by atoms with E-state index in [2.05, 4.69) is 10.3 Å². The fourth-order valence-electron chi connectivity index (χ4n) is 0.871. The van der Waals surface area contributed by atoms with Crippen molar-refractivity contribution in [1.29, 1.82) is 0 Å². The zero-order chi connectivity index (χ0) is 11.1. The molecule has 0 aliphatic rings. The maximum Gasteiger partial charge on any atom is 0.407 e. The van der Waals surface area contributed by atoms with Crippen molar-refractivity contribution in [1.82, 2.24) is 10.3 Å². The van der Waals surface area contributed by atoms with E-state index in [1.807, 2.05) is 0 Å². The Bertz CT molecular complexity index is 338. The molecule has 0 aliphatic carbocycles. The van der Waals surface area contributed by atoms with Crippen LogP contribution in [0.4, 0.5) is 4.79 Å². The lowest BCUT2D eigenvalue weighted by atomic mass is 10.4. The molecule has 5 nitrogen and oxygen atoms in total. The summed E-state index contributed by atoms with van der Waals surface area (Å²) >= 11 is 0. The summed E-state index contributed by atoms with van der Waals surface area (Å²) in [6.07, 6.45) is 1.00. The molecular weight excluding hydrogens is 196 g/mol. The highest BCUT2D eigenvalue weighted by molar-refractivity contribution is 5.81. The van der Waals surface area contributed by atoms with Crippen LogP contribution in [0.5, 0.6) is 0 Å². The highest BCUT2D eigenvalue weighted by Gasteiger charge is 2.03. The van der Waals surface area contributed by atoms with Gasteiger partial charge in [-0.05, 0) is 19.1 Å². The van der Waals surface area contributed by atoms with Crippen molar-refractivity contribution in [3.05, 3.63) is 30.1 Å². The van der Waals surface area contributed by atoms with E-state index < -0.39 is 6.09 Å². The van der Waals surface area contributed by atoms with Crippen LogP contribution >= 0.6 is 0 Å². The fraction of sp³-hybridized carbons (Fsp3) is 0.300. The maximum absolute atomic E-state index is 11.0. The van der Waals surface area contributed by atoms with E-state index >= 15 is 0 Å². The Hall–Kier alpha value is -1.91. The number of nitrogens with zero attached hydrogens (tertiary/aromatic N) is 1. The van der Waals surface area contributed by atoms with Crippen molar-refractivity contribution in [2.24, 2.45) is 0 Å². The zero-order valence-electron chi connectivity index (χ0n) is 8.40. The van der Waals surface area contributed by atoms with Crippen LogP contribution in [0, 0.1) is 0 Å². The van der Waals surface area contributed by atoms with E-state index in [-0.39, 0.29) is 18.9 Å². The quantitative estimate of drug-likeness (QED) is 0.798. The molecule has 80 valence electrons. The average Bonchev–Trinajstić information content (AvgIpc) is 2.25. The Kier molecular flexibility index (Phi) is 4.28. The van der Waals surface area contributed by atoms with E-state index in [0.29, 0.717) is 5.69 Å². The highest BCUT2D eigenvalue weighted by Crippen LogP contribution is 1.95. The predicted octanol–water partition coefficient (Wildman–Crippen LogP) is 0.897. The number of alkyl carbamates (subject to hydrolysis) is 1. The smallest absolute Gasteiger partial charge is 0.407 e. The van der Waals surface area contributed by atoms with Gasteiger partial charge in [-0.2, -0.15) is 0 Å². The molecule has 15 heavy (non-hydrogen) atoms. The number of pyridine rings is 1. The Balaban J connectivity index is 2.26.